The summed E-state index contributed by atoms with van der Waals surface area (Å²) >= 11 is 3.08. The summed E-state index contributed by atoms with van der Waals surface area (Å²) in [5.74, 6) is 0.561. The molecule has 3 rings (SSSR count). The van der Waals surface area contributed by atoms with Gasteiger partial charge in [-0.2, -0.15) is 0 Å². The summed E-state index contributed by atoms with van der Waals surface area (Å²) in [4.78, 5) is 22.3. The van der Waals surface area contributed by atoms with Gasteiger partial charge >= 0.3 is 0 Å². The molecule has 5 heteroatoms. The molecule has 1 aromatic carbocycles. The Kier molecular flexibility index (Phi) is 4.50. The highest BCUT2D eigenvalue weighted by molar-refractivity contribution is 8.00. The number of hydrogen-bond donors (Lipinski definition) is 0. The van der Waals surface area contributed by atoms with E-state index in [9.17, 15) is 4.79 Å². The maximum absolute atomic E-state index is 12.8. The minimum absolute atomic E-state index is 0.166. The maximum atomic E-state index is 12.8. The van der Waals surface area contributed by atoms with E-state index in [2.05, 4.69) is 29.9 Å². The van der Waals surface area contributed by atoms with Gasteiger partial charge in [-0.1, -0.05) is 17.8 Å². The Labute approximate surface area is 144 Å². The zero-order valence-corrected chi connectivity index (χ0v) is 15.3. The van der Waals surface area contributed by atoms with Crippen molar-refractivity contribution in [2.75, 3.05) is 5.75 Å². The average molecular weight is 342 g/mol. The second kappa shape index (κ2) is 6.42. The molecule has 0 unspecified atom stereocenters. The molecule has 0 spiro atoms. The van der Waals surface area contributed by atoms with Crippen LogP contribution >= 0.6 is 23.1 Å². The van der Waals surface area contributed by atoms with E-state index in [1.54, 1.807) is 17.7 Å². The van der Waals surface area contributed by atoms with Crippen LogP contribution in [0.25, 0.3) is 10.2 Å². The van der Waals surface area contributed by atoms with E-state index < -0.39 is 0 Å². The van der Waals surface area contributed by atoms with E-state index in [4.69, 9.17) is 0 Å². The Morgan fingerprint density at radius 3 is 2.52 bits per heavy atom. The minimum atomic E-state index is 0.166. The lowest BCUT2D eigenvalue weighted by Crippen LogP contribution is -2.10. The standard InChI is InChI=1S/C18H18N2OS2/c1-10-7-11(2)13(4)16(12(10)3)15(21)8-23-18-14-5-6-22-17(14)19-9-20-18/h5-7,9H,8H2,1-4H3. The predicted molar refractivity (Wildman–Crippen MR) is 97.9 cm³/mol. The maximum Gasteiger partial charge on any atom is 0.173 e. The van der Waals surface area contributed by atoms with Gasteiger partial charge in [0.25, 0.3) is 0 Å². The van der Waals surface area contributed by atoms with Crippen LogP contribution in [0.1, 0.15) is 32.6 Å². The lowest BCUT2D eigenvalue weighted by Gasteiger charge is -2.14. The highest BCUT2D eigenvalue weighted by atomic mass is 32.2. The van der Waals surface area contributed by atoms with Crippen LogP contribution in [0.3, 0.4) is 0 Å². The van der Waals surface area contributed by atoms with Crippen LogP contribution < -0.4 is 0 Å². The van der Waals surface area contributed by atoms with Crippen LogP contribution in [0.4, 0.5) is 0 Å². The van der Waals surface area contributed by atoms with Crippen LogP contribution in [0.5, 0.6) is 0 Å². The van der Waals surface area contributed by atoms with Crippen LogP contribution in [-0.4, -0.2) is 21.5 Å². The molecule has 2 heterocycles. The van der Waals surface area contributed by atoms with Crippen LogP contribution in [0.15, 0.2) is 28.9 Å². The fourth-order valence-corrected chi connectivity index (χ4v) is 4.37. The molecule has 2 aromatic heterocycles. The molecule has 0 aliphatic heterocycles. The van der Waals surface area contributed by atoms with Crippen LogP contribution in [0.2, 0.25) is 0 Å². The number of rotatable bonds is 4. The molecular formula is C18H18N2OS2. The lowest BCUT2D eigenvalue weighted by atomic mass is 9.92. The zero-order valence-electron chi connectivity index (χ0n) is 13.6. The first-order valence-corrected chi connectivity index (χ1v) is 9.27. The summed E-state index contributed by atoms with van der Waals surface area (Å²) in [6.45, 7) is 8.18. The van der Waals surface area contributed by atoms with E-state index >= 15 is 0 Å². The number of carbonyl (C=O) groups excluding carboxylic acids is 1. The van der Waals surface area contributed by atoms with Gasteiger partial charge in [0.1, 0.15) is 16.2 Å². The Hall–Kier alpha value is -1.72. The van der Waals surface area contributed by atoms with Crippen molar-refractivity contribution in [3.63, 3.8) is 0 Å². The van der Waals surface area contributed by atoms with E-state index in [1.807, 2.05) is 25.3 Å². The van der Waals surface area contributed by atoms with Crippen LogP contribution in [0, 0.1) is 27.7 Å². The largest absolute Gasteiger partial charge is 0.293 e. The third-order valence-electron chi connectivity index (χ3n) is 4.21. The lowest BCUT2D eigenvalue weighted by molar-refractivity contribution is 0.102. The molecule has 0 fully saturated rings. The topological polar surface area (TPSA) is 42.9 Å². The van der Waals surface area contributed by atoms with Gasteiger partial charge in [-0.25, -0.2) is 9.97 Å². The fraction of sp³-hybridized carbons (Fsp3) is 0.278. The summed E-state index contributed by atoms with van der Waals surface area (Å²) in [7, 11) is 0. The molecule has 0 aliphatic rings. The van der Waals surface area contributed by atoms with Gasteiger partial charge in [0.05, 0.1) is 5.75 Å². The Balaban J connectivity index is 1.87. The molecule has 3 nitrogen and oxygen atoms in total. The second-order valence-electron chi connectivity index (χ2n) is 5.67. The van der Waals surface area contributed by atoms with E-state index in [1.165, 1.54) is 22.9 Å². The van der Waals surface area contributed by atoms with Crippen molar-refractivity contribution >= 4 is 39.1 Å². The fourth-order valence-electron chi connectivity index (χ4n) is 2.72. The van der Waals surface area contributed by atoms with Crippen molar-refractivity contribution in [3.05, 3.63) is 51.7 Å². The summed E-state index contributed by atoms with van der Waals surface area (Å²) in [6.07, 6.45) is 1.57. The first kappa shape index (κ1) is 16.1. The van der Waals surface area contributed by atoms with E-state index in [0.29, 0.717) is 5.75 Å². The Bertz CT molecular complexity index is 873. The number of benzene rings is 1. The zero-order chi connectivity index (χ0) is 16.6. The summed E-state index contributed by atoms with van der Waals surface area (Å²) in [5.41, 5.74) is 5.38. The number of fused-ring (bicyclic) bond motifs is 1. The van der Waals surface area contributed by atoms with E-state index in [0.717, 1.165) is 31.9 Å². The number of nitrogens with zero attached hydrogens (tertiary/aromatic N) is 2. The number of aryl methyl sites for hydroxylation is 2. The molecule has 118 valence electrons. The molecule has 0 saturated carbocycles. The summed E-state index contributed by atoms with van der Waals surface area (Å²) < 4.78 is 0. The average Bonchev–Trinajstić information content (AvgIpc) is 3.00. The smallest absolute Gasteiger partial charge is 0.173 e. The highest BCUT2D eigenvalue weighted by Crippen LogP contribution is 2.29. The Morgan fingerprint density at radius 1 is 1.13 bits per heavy atom. The van der Waals surface area contributed by atoms with Gasteiger partial charge in [-0.3, -0.25) is 4.79 Å². The molecule has 0 aliphatic carbocycles. The summed E-state index contributed by atoms with van der Waals surface area (Å²) in [6, 6.07) is 4.16. The van der Waals surface area contributed by atoms with Crippen molar-refractivity contribution in [1.82, 2.24) is 9.97 Å². The third-order valence-corrected chi connectivity index (χ3v) is 6.04. The van der Waals surface area contributed by atoms with Crippen molar-refractivity contribution in [2.24, 2.45) is 0 Å². The van der Waals surface area contributed by atoms with Crippen molar-refractivity contribution in [1.29, 1.82) is 0 Å². The second-order valence-corrected chi connectivity index (χ2v) is 7.52. The number of hydrogen-bond acceptors (Lipinski definition) is 5. The van der Waals surface area contributed by atoms with Crippen molar-refractivity contribution in [2.45, 2.75) is 32.7 Å². The molecule has 0 amide bonds. The first-order valence-electron chi connectivity index (χ1n) is 7.40. The third kappa shape index (κ3) is 3.03. The van der Waals surface area contributed by atoms with E-state index in [-0.39, 0.29) is 5.78 Å². The molecule has 23 heavy (non-hydrogen) atoms. The molecule has 3 aromatic rings. The first-order chi connectivity index (χ1) is 11.0. The number of aromatic nitrogens is 2. The van der Waals surface area contributed by atoms with Gasteiger partial charge < -0.3 is 0 Å². The van der Waals surface area contributed by atoms with Crippen molar-refractivity contribution in [3.8, 4) is 0 Å². The van der Waals surface area contributed by atoms with Gasteiger partial charge in [-0.15, -0.1) is 11.3 Å². The predicted octanol–water partition coefficient (Wildman–Crippen LogP) is 4.90. The van der Waals surface area contributed by atoms with Crippen LogP contribution in [-0.2, 0) is 0 Å². The number of carbonyl (C=O) groups is 1. The molecular weight excluding hydrogens is 324 g/mol. The Morgan fingerprint density at radius 2 is 1.83 bits per heavy atom. The van der Waals surface area contributed by atoms with Gasteiger partial charge in [0, 0.05) is 10.9 Å². The molecule has 0 radical (unpaired) electrons. The molecule has 0 saturated heterocycles. The number of thioether (sulfide) groups is 1. The SMILES string of the molecule is Cc1cc(C)c(C)c(C(=O)CSc2ncnc3sccc23)c1C. The molecule has 0 N–H and O–H groups in total. The van der Waals surface area contributed by atoms with Crippen molar-refractivity contribution < 1.29 is 4.79 Å². The number of thiophene rings is 1. The van der Waals surface area contributed by atoms with Gasteiger partial charge in [0.2, 0.25) is 0 Å². The van der Waals surface area contributed by atoms with Gasteiger partial charge in [-0.05, 0) is 61.4 Å². The summed E-state index contributed by atoms with van der Waals surface area (Å²) in [5, 5.41) is 3.91. The normalized spacial score (nSPS) is 11.1. The quantitative estimate of drug-likeness (QED) is 0.384. The number of Topliss-reactive ketones (excluding diaryl/α,β-unsaturated/α-hetero) is 1. The van der Waals surface area contributed by atoms with Gasteiger partial charge in [0.15, 0.2) is 5.78 Å². The number of ketones is 1. The molecule has 0 bridgehead atoms. The highest BCUT2D eigenvalue weighted by Gasteiger charge is 2.17. The minimum Gasteiger partial charge on any atom is -0.293 e. The molecule has 0 atom stereocenters. The monoisotopic (exact) mass is 342 g/mol.